The first kappa shape index (κ1) is 24.8. The lowest BCUT2D eigenvalue weighted by Crippen LogP contribution is -2.43. The minimum absolute atomic E-state index is 0.00191. The number of hydrogen-bond donors (Lipinski definition) is 1. The summed E-state index contributed by atoms with van der Waals surface area (Å²) in [4.78, 5) is 30.4. The van der Waals surface area contributed by atoms with Gasteiger partial charge in [-0.15, -0.1) is 0 Å². The standard InChI is InChI=1S/C26H32N2O7/c1-4-33-19-9-7-18(16-21(19)34-5-2)23-22(24(29)20-8-6-17(3)35-20)25(30)26(31)28(23)11-10-27-12-14-32-15-13-27/h6-9,16,23,30H,4-5,10-15H2,1-3H3/t23-/m1/s1. The topological polar surface area (TPSA) is 102 Å². The number of nitrogens with zero attached hydrogens (tertiary/aromatic N) is 2. The van der Waals surface area contributed by atoms with Crippen LogP contribution in [0.1, 0.15) is 41.8 Å². The second-order valence-electron chi connectivity index (χ2n) is 8.43. The van der Waals surface area contributed by atoms with Crippen molar-refractivity contribution in [2.45, 2.75) is 26.8 Å². The molecular formula is C26H32N2O7. The van der Waals surface area contributed by atoms with E-state index in [1.165, 1.54) is 0 Å². The molecule has 4 rings (SSSR count). The Kier molecular flexibility index (Phi) is 7.77. The van der Waals surface area contributed by atoms with Crippen LogP contribution < -0.4 is 9.47 Å². The van der Waals surface area contributed by atoms with Gasteiger partial charge in [-0.25, -0.2) is 0 Å². The molecule has 0 spiro atoms. The maximum Gasteiger partial charge on any atom is 0.290 e. The zero-order valence-electron chi connectivity index (χ0n) is 20.4. The second kappa shape index (κ2) is 11.0. The Morgan fingerprint density at radius 1 is 1.06 bits per heavy atom. The molecule has 2 aliphatic rings. The molecule has 1 amide bonds. The summed E-state index contributed by atoms with van der Waals surface area (Å²) < 4.78 is 22.4. The third kappa shape index (κ3) is 5.21. The average Bonchev–Trinajstić information content (AvgIpc) is 3.40. The fourth-order valence-corrected chi connectivity index (χ4v) is 4.46. The van der Waals surface area contributed by atoms with Gasteiger partial charge in [0, 0.05) is 26.2 Å². The Morgan fingerprint density at radius 2 is 1.77 bits per heavy atom. The molecule has 188 valence electrons. The Balaban J connectivity index is 1.72. The first-order chi connectivity index (χ1) is 16.9. The van der Waals surface area contributed by atoms with Gasteiger partial charge in [0.2, 0.25) is 5.78 Å². The molecule has 0 unspecified atom stereocenters. The number of carbonyl (C=O) groups is 2. The summed E-state index contributed by atoms with van der Waals surface area (Å²) in [6, 6.07) is 7.77. The number of furan rings is 1. The lowest BCUT2D eigenvalue weighted by molar-refractivity contribution is -0.129. The zero-order chi connectivity index (χ0) is 24.9. The number of aliphatic hydroxyl groups excluding tert-OH is 1. The molecule has 1 N–H and O–H groups in total. The third-order valence-electron chi connectivity index (χ3n) is 6.16. The number of ketones is 1. The van der Waals surface area contributed by atoms with E-state index in [1.54, 1.807) is 42.2 Å². The van der Waals surface area contributed by atoms with Gasteiger partial charge in [0.1, 0.15) is 5.76 Å². The molecule has 0 radical (unpaired) electrons. The Bertz CT molecular complexity index is 1100. The van der Waals surface area contributed by atoms with E-state index in [0.717, 1.165) is 13.1 Å². The van der Waals surface area contributed by atoms with Crippen molar-refractivity contribution in [3.05, 3.63) is 58.7 Å². The van der Waals surface area contributed by atoms with Crippen LogP contribution in [0.3, 0.4) is 0 Å². The van der Waals surface area contributed by atoms with Crippen LogP contribution in [0.5, 0.6) is 11.5 Å². The van der Waals surface area contributed by atoms with Gasteiger partial charge in [-0.1, -0.05) is 6.07 Å². The highest BCUT2D eigenvalue weighted by Gasteiger charge is 2.44. The number of rotatable bonds is 10. The molecule has 0 saturated carbocycles. The van der Waals surface area contributed by atoms with Crippen molar-refractivity contribution in [3.63, 3.8) is 0 Å². The van der Waals surface area contributed by atoms with Crippen LogP contribution in [-0.2, 0) is 9.53 Å². The molecule has 1 aromatic carbocycles. The Labute approximate surface area is 204 Å². The second-order valence-corrected chi connectivity index (χ2v) is 8.43. The van der Waals surface area contributed by atoms with Gasteiger partial charge in [-0.3, -0.25) is 14.5 Å². The number of amides is 1. The number of aliphatic hydroxyl groups is 1. The van der Waals surface area contributed by atoms with Crippen LogP contribution in [0.2, 0.25) is 0 Å². The minimum Gasteiger partial charge on any atom is -0.503 e. The van der Waals surface area contributed by atoms with Gasteiger partial charge in [0.15, 0.2) is 23.0 Å². The van der Waals surface area contributed by atoms with Crippen LogP contribution in [0, 0.1) is 6.92 Å². The largest absolute Gasteiger partial charge is 0.503 e. The first-order valence-electron chi connectivity index (χ1n) is 12.0. The van der Waals surface area contributed by atoms with Gasteiger partial charge in [-0.05, 0) is 50.6 Å². The van der Waals surface area contributed by atoms with E-state index in [9.17, 15) is 14.7 Å². The van der Waals surface area contributed by atoms with E-state index in [0.29, 0.717) is 62.3 Å². The summed E-state index contributed by atoms with van der Waals surface area (Å²) in [7, 11) is 0. The lowest BCUT2D eigenvalue weighted by atomic mass is 9.94. The van der Waals surface area contributed by atoms with E-state index in [2.05, 4.69) is 4.90 Å². The quantitative estimate of drug-likeness (QED) is 0.513. The number of Topliss-reactive ketones (excluding diaryl/α,β-unsaturated/α-hetero) is 1. The summed E-state index contributed by atoms with van der Waals surface area (Å²) in [5.41, 5.74) is 0.640. The normalized spacial score (nSPS) is 18.9. The number of hydrogen-bond acceptors (Lipinski definition) is 8. The van der Waals surface area contributed by atoms with Crippen molar-refractivity contribution < 1.29 is 33.3 Å². The molecule has 9 heteroatoms. The molecule has 3 heterocycles. The predicted molar refractivity (Wildman–Crippen MR) is 128 cm³/mol. The van der Waals surface area contributed by atoms with Crippen molar-refractivity contribution in [1.82, 2.24) is 9.80 Å². The van der Waals surface area contributed by atoms with E-state index < -0.39 is 23.5 Å². The van der Waals surface area contributed by atoms with Gasteiger partial charge < -0.3 is 28.6 Å². The molecule has 35 heavy (non-hydrogen) atoms. The van der Waals surface area contributed by atoms with Gasteiger partial charge in [0.05, 0.1) is 38.0 Å². The van der Waals surface area contributed by atoms with E-state index in [1.807, 2.05) is 13.8 Å². The summed E-state index contributed by atoms with van der Waals surface area (Å²) in [6.07, 6.45) is 0. The van der Waals surface area contributed by atoms with Crippen molar-refractivity contribution in [2.24, 2.45) is 0 Å². The minimum atomic E-state index is -0.795. The van der Waals surface area contributed by atoms with E-state index in [-0.39, 0.29) is 11.3 Å². The van der Waals surface area contributed by atoms with Crippen LogP contribution in [0.4, 0.5) is 0 Å². The fraction of sp³-hybridized carbons (Fsp3) is 0.462. The Hall–Kier alpha value is -3.30. The molecular weight excluding hydrogens is 452 g/mol. The number of carbonyl (C=O) groups excluding carboxylic acids is 2. The van der Waals surface area contributed by atoms with Crippen LogP contribution in [0.15, 0.2) is 46.1 Å². The number of morpholine rings is 1. The molecule has 0 bridgehead atoms. The van der Waals surface area contributed by atoms with E-state index in [4.69, 9.17) is 18.6 Å². The molecule has 1 atom stereocenters. The van der Waals surface area contributed by atoms with Crippen LogP contribution in [0.25, 0.3) is 0 Å². The van der Waals surface area contributed by atoms with Crippen LogP contribution in [-0.4, -0.2) is 79.2 Å². The summed E-state index contributed by atoms with van der Waals surface area (Å²) in [5.74, 6) is 0.0785. The Morgan fingerprint density at radius 3 is 2.43 bits per heavy atom. The SMILES string of the molecule is CCOc1ccc([C@@H]2C(C(=O)c3ccc(C)o3)=C(O)C(=O)N2CCN2CCOCC2)cc1OCC. The third-order valence-corrected chi connectivity index (χ3v) is 6.16. The molecule has 1 saturated heterocycles. The van der Waals surface area contributed by atoms with Gasteiger partial charge >= 0.3 is 0 Å². The highest BCUT2D eigenvalue weighted by molar-refractivity contribution is 6.15. The molecule has 1 fully saturated rings. The monoisotopic (exact) mass is 484 g/mol. The summed E-state index contributed by atoms with van der Waals surface area (Å²) in [6.45, 7) is 10.1. The van der Waals surface area contributed by atoms with Crippen molar-refractivity contribution >= 4 is 11.7 Å². The lowest BCUT2D eigenvalue weighted by Gasteiger charge is -2.31. The van der Waals surface area contributed by atoms with Crippen LogP contribution >= 0.6 is 0 Å². The van der Waals surface area contributed by atoms with Crippen molar-refractivity contribution in [2.75, 3.05) is 52.6 Å². The predicted octanol–water partition coefficient (Wildman–Crippen LogP) is 3.30. The number of aryl methyl sites for hydroxylation is 1. The summed E-state index contributed by atoms with van der Waals surface area (Å²) >= 11 is 0. The van der Waals surface area contributed by atoms with Gasteiger partial charge in [-0.2, -0.15) is 0 Å². The summed E-state index contributed by atoms with van der Waals surface area (Å²) in [5, 5.41) is 10.9. The van der Waals surface area contributed by atoms with E-state index >= 15 is 0 Å². The molecule has 2 aliphatic heterocycles. The van der Waals surface area contributed by atoms with Crippen molar-refractivity contribution in [1.29, 1.82) is 0 Å². The molecule has 0 aliphatic carbocycles. The molecule has 1 aromatic heterocycles. The molecule has 9 nitrogen and oxygen atoms in total. The smallest absolute Gasteiger partial charge is 0.290 e. The maximum absolute atomic E-state index is 13.5. The molecule has 2 aromatic rings. The zero-order valence-corrected chi connectivity index (χ0v) is 20.4. The van der Waals surface area contributed by atoms with Gasteiger partial charge in [0.25, 0.3) is 5.91 Å². The number of ether oxygens (including phenoxy) is 3. The average molecular weight is 485 g/mol. The van der Waals surface area contributed by atoms with Crippen molar-refractivity contribution in [3.8, 4) is 11.5 Å². The number of benzene rings is 1. The highest BCUT2D eigenvalue weighted by atomic mass is 16.5. The highest BCUT2D eigenvalue weighted by Crippen LogP contribution is 2.41. The fourth-order valence-electron chi connectivity index (χ4n) is 4.46. The first-order valence-corrected chi connectivity index (χ1v) is 12.0. The maximum atomic E-state index is 13.5.